The number of rotatable bonds is 1. The van der Waals surface area contributed by atoms with Crippen LogP contribution in [0.3, 0.4) is 0 Å². The molecule has 1 saturated heterocycles. The molecule has 6 nitrogen and oxygen atoms in total. The van der Waals surface area contributed by atoms with Gasteiger partial charge in [-0.05, 0) is 54.4 Å². The Morgan fingerprint density at radius 1 is 1.00 bits per heavy atom. The number of carbonyl (C=O) groups is 2. The lowest BCUT2D eigenvalue weighted by Gasteiger charge is -2.31. The molecule has 2 N–H and O–H groups in total. The Balaban J connectivity index is 2.81. The van der Waals surface area contributed by atoms with Gasteiger partial charge in [-0.2, -0.15) is 0 Å². The molecule has 1 aliphatic heterocycles. The van der Waals surface area contributed by atoms with Crippen LogP contribution in [-0.4, -0.2) is 40.4 Å². The van der Waals surface area contributed by atoms with Gasteiger partial charge < -0.3 is 15.2 Å². The first kappa shape index (κ1) is 16.8. The third-order valence-electron chi connectivity index (χ3n) is 2.71. The van der Waals surface area contributed by atoms with E-state index in [0.717, 1.165) is 0 Å². The third-order valence-corrected chi connectivity index (χ3v) is 2.71. The molecule has 2 atom stereocenters. The van der Waals surface area contributed by atoms with Crippen molar-refractivity contribution in [3.63, 3.8) is 0 Å². The molecule has 0 bridgehead atoms. The van der Waals surface area contributed by atoms with E-state index in [4.69, 9.17) is 15.2 Å². The number of amides is 1. The first-order valence-corrected chi connectivity index (χ1v) is 6.90. The number of nitrogens with two attached hydrogens (primary N) is 1. The van der Waals surface area contributed by atoms with E-state index in [-0.39, 0.29) is 0 Å². The molecule has 1 amide bonds. The van der Waals surface area contributed by atoms with Crippen LogP contribution in [-0.2, 0) is 14.3 Å². The molecule has 0 saturated carbocycles. The summed E-state index contributed by atoms with van der Waals surface area (Å²) in [6.07, 6.45) is -0.0286. The highest BCUT2D eigenvalue weighted by molar-refractivity contribution is 5.82. The van der Waals surface area contributed by atoms with Crippen molar-refractivity contribution < 1.29 is 19.1 Å². The molecule has 1 aliphatic rings. The number of nitrogens with zero attached hydrogens (tertiary/aromatic N) is 1. The van der Waals surface area contributed by atoms with Crippen LogP contribution < -0.4 is 5.73 Å². The number of likely N-dealkylation sites (tertiary alicyclic amines) is 1. The number of hydrogen-bond donors (Lipinski definition) is 1. The van der Waals surface area contributed by atoms with Crippen LogP contribution in [0.2, 0.25) is 0 Å². The van der Waals surface area contributed by atoms with Gasteiger partial charge in [-0.3, -0.25) is 4.90 Å². The zero-order chi connectivity index (χ0) is 15.7. The quantitative estimate of drug-likeness (QED) is 0.746. The Kier molecular flexibility index (Phi) is 4.69. The van der Waals surface area contributed by atoms with Gasteiger partial charge in [0.05, 0.1) is 6.17 Å². The lowest BCUT2D eigenvalue weighted by atomic mass is 10.1. The van der Waals surface area contributed by atoms with E-state index in [2.05, 4.69) is 0 Å². The summed E-state index contributed by atoms with van der Waals surface area (Å²) < 4.78 is 10.6. The Morgan fingerprint density at radius 3 is 1.95 bits per heavy atom. The smallest absolute Gasteiger partial charge is 0.412 e. The van der Waals surface area contributed by atoms with Crippen LogP contribution in [0.25, 0.3) is 0 Å². The first-order chi connectivity index (χ1) is 8.91. The van der Waals surface area contributed by atoms with Crippen molar-refractivity contribution >= 4 is 12.1 Å². The standard InChI is InChI=1S/C14H26N2O4/c1-13(2,3)19-11(17)9-7-8-10(15)16(9)12(18)20-14(4,5)6/h9-10H,7-8,15H2,1-6H3. The maximum absolute atomic E-state index is 12.2. The van der Waals surface area contributed by atoms with Gasteiger partial charge >= 0.3 is 12.1 Å². The van der Waals surface area contributed by atoms with Gasteiger partial charge in [0.1, 0.15) is 17.2 Å². The molecule has 20 heavy (non-hydrogen) atoms. The molecule has 0 aromatic carbocycles. The molecule has 6 heteroatoms. The highest BCUT2D eigenvalue weighted by atomic mass is 16.6. The molecule has 1 fully saturated rings. The second-order valence-electron chi connectivity index (χ2n) is 7.08. The van der Waals surface area contributed by atoms with Crippen molar-refractivity contribution in [1.29, 1.82) is 0 Å². The van der Waals surface area contributed by atoms with Crippen LogP contribution in [0.4, 0.5) is 4.79 Å². The van der Waals surface area contributed by atoms with Gasteiger partial charge in [0.15, 0.2) is 0 Å². The average Bonchev–Trinajstić information content (AvgIpc) is 2.54. The van der Waals surface area contributed by atoms with E-state index >= 15 is 0 Å². The first-order valence-electron chi connectivity index (χ1n) is 6.90. The molecule has 0 aromatic rings. The molecular formula is C14H26N2O4. The fourth-order valence-corrected chi connectivity index (χ4v) is 2.02. The van der Waals surface area contributed by atoms with Gasteiger partial charge in [-0.15, -0.1) is 0 Å². The molecule has 0 aliphatic carbocycles. The summed E-state index contributed by atoms with van der Waals surface area (Å²) in [6, 6.07) is -0.668. The van der Waals surface area contributed by atoms with Gasteiger partial charge in [-0.1, -0.05) is 0 Å². The lowest BCUT2D eigenvalue weighted by Crippen LogP contribution is -2.51. The molecule has 1 rings (SSSR count). The predicted molar refractivity (Wildman–Crippen MR) is 74.9 cm³/mol. The second kappa shape index (κ2) is 5.60. The molecule has 116 valence electrons. The molecule has 2 unspecified atom stereocenters. The summed E-state index contributed by atoms with van der Waals surface area (Å²) in [7, 11) is 0. The summed E-state index contributed by atoms with van der Waals surface area (Å²) in [4.78, 5) is 25.6. The molecule has 0 aromatic heterocycles. The minimum absolute atomic E-state index is 0.434. The maximum Gasteiger partial charge on any atom is 0.412 e. The molecular weight excluding hydrogens is 260 g/mol. The second-order valence-corrected chi connectivity index (χ2v) is 7.08. The minimum Gasteiger partial charge on any atom is -0.458 e. The van der Waals surface area contributed by atoms with Crippen molar-refractivity contribution in [1.82, 2.24) is 4.90 Å². The maximum atomic E-state index is 12.2. The molecule has 0 radical (unpaired) electrons. The van der Waals surface area contributed by atoms with Crippen LogP contribution in [0, 0.1) is 0 Å². The predicted octanol–water partition coefficient (Wildman–Crippen LogP) is 2.01. The third kappa shape index (κ3) is 4.67. The van der Waals surface area contributed by atoms with E-state index < -0.39 is 35.5 Å². The Hall–Kier alpha value is -1.30. The zero-order valence-corrected chi connectivity index (χ0v) is 13.2. The summed E-state index contributed by atoms with van der Waals surface area (Å²) in [5.41, 5.74) is 4.69. The van der Waals surface area contributed by atoms with Gasteiger partial charge in [-0.25, -0.2) is 9.59 Å². The summed E-state index contributed by atoms with van der Waals surface area (Å²) >= 11 is 0. The average molecular weight is 286 g/mol. The number of carbonyl (C=O) groups excluding carboxylic acids is 2. The van der Waals surface area contributed by atoms with E-state index in [0.29, 0.717) is 12.8 Å². The van der Waals surface area contributed by atoms with Crippen LogP contribution >= 0.6 is 0 Å². The fourth-order valence-electron chi connectivity index (χ4n) is 2.02. The Labute approximate surface area is 120 Å². The Morgan fingerprint density at radius 2 is 1.50 bits per heavy atom. The molecule has 0 spiro atoms. The van der Waals surface area contributed by atoms with Crippen LogP contribution in [0.1, 0.15) is 54.4 Å². The van der Waals surface area contributed by atoms with E-state index in [1.807, 2.05) is 0 Å². The van der Waals surface area contributed by atoms with Crippen LogP contribution in [0.15, 0.2) is 0 Å². The van der Waals surface area contributed by atoms with Crippen molar-refractivity contribution in [3.8, 4) is 0 Å². The van der Waals surface area contributed by atoms with Gasteiger partial charge in [0, 0.05) is 0 Å². The fraction of sp³-hybridized carbons (Fsp3) is 0.857. The van der Waals surface area contributed by atoms with Crippen LogP contribution in [0.5, 0.6) is 0 Å². The Bertz CT molecular complexity index is 382. The van der Waals surface area contributed by atoms with Gasteiger partial charge in [0.25, 0.3) is 0 Å². The van der Waals surface area contributed by atoms with Crippen molar-refractivity contribution in [2.75, 3.05) is 0 Å². The lowest BCUT2D eigenvalue weighted by molar-refractivity contribution is -0.160. The SMILES string of the molecule is CC(C)(C)OC(=O)C1CCC(N)N1C(=O)OC(C)(C)C. The van der Waals surface area contributed by atoms with E-state index in [9.17, 15) is 9.59 Å². The zero-order valence-electron chi connectivity index (χ0n) is 13.2. The topological polar surface area (TPSA) is 81.9 Å². The summed E-state index contributed by atoms with van der Waals surface area (Å²) in [5.74, 6) is -0.434. The minimum atomic E-state index is -0.668. The van der Waals surface area contributed by atoms with E-state index in [1.165, 1.54) is 4.90 Å². The largest absolute Gasteiger partial charge is 0.458 e. The van der Waals surface area contributed by atoms with Crippen molar-refractivity contribution in [2.45, 2.75) is 77.8 Å². The van der Waals surface area contributed by atoms with Gasteiger partial charge in [0.2, 0.25) is 0 Å². The normalized spacial score (nSPS) is 23.6. The summed E-state index contributed by atoms with van der Waals surface area (Å²) in [5, 5.41) is 0. The van der Waals surface area contributed by atoms with Crippen molar-refractivity contribution in [2.24, 2.45) is 5.73 Å². The monoisotopic (exact) mass is 286 g/mol. The molecule has 1 heterocycles. The summed E-state index contributed by atoms with van der Waals surface area (Å²) in [6.45, 7) is 10.7. The highest BCUT2D eigenvalue weighted by Gasteiger charge is 2.43. The number of ether oxygens (including phenoxy) is 2. The number of esters is 1. The van der Waals surface area contributed by atoms with Crippen molar-refractivity contribution in [3.05, 3.63) is 0 Å². The van der Waals surface area contributed by atoms with E-state index in [1.54, 1.807) is 41.5 Å². The highest BCUT2D eigenvalue weighted by Crippen LogP contribution is 2.26. The number of hydrogen-bond acceptors (Lipinski definition) is 5.